The summed E-state index contributed by atoms with van der Waals surface area (Å²) in [6.45, 7) is 7.59. The standard InChI is InChI=1S/C16H22N4O/c1-10-9-11(2)20(19-10)15-8-6-5-7-14(15)18-16(21)12(3)13(4)17/h5-9,12-13H,17H2,1-4H3,(H,18,21). The smallest absolute Gasteiger partial charge is 0.228 e. The number of anilines is 1. The fourth-order valence-electron chi connectivity index (χ4n) is 2.12. The van der Waals surface area contributed by atoms with Crippen LogP contribution < -0.4 is 11.1 Å². The monoisotopic (exact) mass is 286 g/mol. The fraction of sp³-hybridized carbons (Fsp3) is 0.375. The largest absolute Gasteiger partial charge is 0.327 e. The zero-order valence-corrected chi connectivity index (χ0v) is 12.9. The van der Waals surface area contributed by atoms with Gasteiger partial charge in [0.05, 0.1) is 23.0 Å². The van der Waals surface area contributed by atoms with E-state index >= 15 is 0 Å². The van der Waals surface area contributed by atoms with Crippen molar-refractivity contribution >= 4 is 11.6 Å². The Morgan fingerprint density at radius 1 is 1.29 bits per heavy atom. The Morgan fingerprint density at radius 2 is 1.95 bits per heavy atom. The van der Waals surface area contributed by atoms with E-state index in [-0.39, 0.29) is 17.9 Å². The third-order valence-electron chi connectivity index (χ3n) is 3.60. The minimum absolute atomic E-state index is 0.0843. The van der Waals surface area contributed by atoms with Gasteiger partial charge in [0.2, 0.25) is 5.91 Å². The van der Waals surface area contributed by atoms with Crippen molar-refractivity contribution in [2.24, 2.45) is 11.7 Å². The van der Waals surface area contributed by atoms with Crippen molar-refractivity contribution in [1.82, 2.24) is 9.78 Å². The first kappa shape index (κ1) is 15.3. The lowest BCUT2D eigenvalue weighted by Crippen LogP contribution is -2.34. The second-order valence-electron chi connectivity index (χ2n) is 5.49. The molecule has 2 unspecified atom stereocenters. The summed E-state index contributed by atoms with van der Waals surface area (Å²) in [5, 5.41) is 7.42. The second kappa shape index (κ2) is 6.10. The minimum atomic E-state index is -0.251. The lowest BCUT2D eigenvalue weighted by molar-refractivity contribution is -0.119. The normalized spacial score (nSPS) is 13.8. The van der Waals surface area contributed by atoms with Gasteiger partial charge in [-0.3, -0.25) is 4.79 Å². The van der Waals surface area contributed by atoms with Crippen LogP contribution in [0, 0.1) is 19.8 Å². The number of nitrogens with zero attached hydrogens (tertiary/aromatic N) is 2. The third-order valence-corrected chi connectivity index (χ3v) is 3.60. The summed E-state index contributed by atoms with van der Waals surface area (Å²) in [7, 11) is 0. The molecule has 2 rings (SSSR count). The van der Waals surface area contributed by atoms with Gasteiger partial charge >= 0.3 is 0 Å². The lowest BCUT2D eigenvalue weighted by Gasteiger charge is -2.17. The van der Waals surface area contributed by atoms with Crippen molar-refractivity contribution in [2.45, 2.75) is 33.7 Å². The summed E-state index contributed by atoms with van der Waals surface area (Å²) in [4.78, 5) is 12.2. The van der Waals surface area contributed by atoms with E-state index in [1.807, 2.05) is 62.7 Å². The Balaban J connectivity index is 2.34. The number of nitrogens with one attached hydrogen (secondary N) is 1. The quantitative estimate of drug-likeness (QED) is 0.906. The molecule has 0 aliphatic rings. The molecule has 21 heavy (non-hydrogen) atoms. The van der Waals surface area contributed by atoms with E-state index in [2.05, 4.69) is 10.4 Å². The van der Waals surface area contributed by atoms with Crippen LogP contribution in [0.15, 0.2) is 30.3 Å². The number of carbonyl (C=O) groups is 1. The number of benzene rings is 1. The third kappa shape index (κ3) is 3.31. The maximum atomic E-state index is 12.2. The number of rotatable bonds is 4. The zero-order chi connectivity index (χ0) is 15.6. The molecule has 2 aromatic rings. The fourth-order valence-corrected chi connectivity index (χ4v) is 2.12. The van der Waals surface area contributed by atoms with E-state index in [4.69, 9.17) is 5.73 Å². The van der Waals surface area contributed by atoms with Crippen LogP contribution in [0.5, 0.6) is 0 Å². The maximum absolute atomic E-state index is 12.2. The maximum Gasteiger partial charge on any atom is 0.228 e. The molecule has 0 aliphatic carbocycles. The molecule has 1 aromatic heterocycles. The highest BCUT2D eigenvalue weighted by molar-refractivity contribution is 5.94. The van der Waals surface area contributed by atoms with E-state index in [0.717, 1.165) is 22.8 Å². The average molecular weight is 286 g/mol. The molecule has 1 amide bonds. The van der Waals surface area contributed by atoms with Crippen molar-refractivity contribution in [1.29, 1.82) is 0 Å². The summed E-state index contributed by atoms with van der Waals surface area (Å²) < 4.78 is 1.83. The summed E-state index contributed by atoms with van der Waals surface area (Å²) in [6, 6.07) is 9.44. The van der Waals surface area contributed by atoms with Crippen LogP contribution in [-0.2, 0) is 4.79 Å². The molecule has 0 radical (unpaired) electrons. The van der Waals surface area contributed by atoms with Crippen molar-refractivity contribution < 1.29 is 4.79 Å². The van der Waals surface area contributed by atoms with Crippen molar-refractivity contribution in [3.63, 3.8) is 0 Å². The van der Waals surface area contributed by atoms with Gasteiger partial charge in [-0.05, 0) is 39.0 Å². The Morgan fingerprint density at radius 3 is 2.52 bits per heavy atom. The van der Waals surface area contributed by atoms with Gasteiger partial charge in [-0.15, -0.1) is 0 Å². The number of para-hydroxylation sites is 2. The predicted octanol–water partition coefficient (Wildman–Crippen LogP) is 2.41. The second-order valence-corrected chi connectivity index (χ2v) is 5.49. The van der Waals surface area contributed by atoms with Crippen molar-refractivity contribution in [2.75, 3.05) is 5.32 Å². The SMILES string of the molecule is Cc1cc(C)n(-c2ccccc2NC(=O)C(C)C(C)N)n1. The Hall–Kier alpha value is -2.14. The molecule has 0 saturated heterocycles. The van der Waals surface area contributed by atoms with Gasteiger partial charge in [0, 0.05) is 11.7 Å². The molecule has 2 atom stereocenters. The first-order valence-corrected chi connectivity index (χ1v) is 7.09. The molecular weight excluding hydrogens is 264 g/mol. The van der Waals surface area contributed by atoms with Gasteiger partial charge in [0.25, 0.3) is 0 Å². The number of hydrogen-bond acceptors (Lipinski definition) is 3. The number of nitrogens with two attached hydrogens (primary N) is 1. The number of aryl methyl sites for hydroxylation is 2. The van der Waals surface area contributed by atoms with E-state index in [9.17, 15) is 4.79 Å². The number of amides is 1. The van der Waals surface area contributed by atoms with Crippen LogP contribution in [0.3, 0.4) is 0 Å². The first-order chi connectivity index (χ1) is 9.90. The van der Waals surface area contributed by atoms with Gasteiger partial charge in [0.15, 0.2) is 0 Å². The summed E-state index contributed by atoms with van der Waals surface area (Å²) in [6.07, 6.45) is 0. The predicted molar refractivity (Wildman–Crippen MR) is 84.5 cm³/mol. The van der Waals surface area contributed by atoms with Crippen LogP contribution in [0.4, 0.5) is 5.69 Å². The van der Waals surface area contributed by atoms with Gasteiger partial charge in [-0.1, -0.05) is 19.1 Å². The molecule has 0 bridgehead atoms. The molecule has 5 nitrogen and oxygen atoms in total. The van der Waals surface area contributed by atoms with E-state index in [0.29, 0.717) is 0 Å². The first-order valence-electron chi connectivity index (χ1n) is 7.09. The van der Waals surface area contributed by atoms with Crippen LogP contribution in [0.1, 0.15) is 25.2 Å². The molecule has 1 heterocycles. The van der Waals surface area contributed by atoms with Crippen LogP contribution >= 0.6 is 0 Å². The summed E-state index contributed by atoms with van der Waals surface area (Å²) in [5.74, 6) is -0.336. The molecule has 0 spiro atoms. The van der Waals surface area contributed by atoms with Crippen molar-refractivity contribution in [3.8, 4) is 5.69 Å². The highest BCUT2D eigenvalue weighted by Crippen LogP contribution is 2.22. The molecule has 0 fully saturated rings. The summed E-state index contributed by atoms with van der Waals surface area (Å²) >= 11 is 0. The molecule has 5 heteroatoms. The zero-order valence-electron chi connectivity index (χ0n) is 12.9. The number of aromatic nitrogens is 2. The molecule has 0 aliphatic heterocycles. The van der Waals surface area contributed by atoms with E-state index in [1.165, 1.54) is 0 Å². The van der Waals surface area contributed by atoms with Crippen LogP contribution in [0.25, 0.3) is 5.69 Å². The topological polar surface area (TPSA) is 72.9 Å². The number of hydrogen-bond donors (Lipinski definition) is 2. The lowest BCUT2D eigenvalue weighted by atomic mass is 10.0. The number of carbonyl (C=O) groups excluding carboxylic acids is 1. The van der Waals surface area contributed by atoms with Crippen LogP contribution in [0.2, 0.25) is 0 Å². The van der Waals surface area contributed by atoms with E-state index in [1.54, 1.807) is 0 Å². The Bertz CT molecular complexity index is 645. The molecule has 112 valence electrons. The molecule has 3 N–H and O–H groups in total. The van der Waals surface area contributed by atoms with Gasteiger partial charge in [0.1, 0.15) is 0 Å². The van der Waals surface area contributed by atoms with Crippen molar-refractivity contribution in [3.05, 3.63) is 41.7 Å². The minimum Gasteiger partial charge on any atom is -0.327 e. The Kier molecular flexibility index (Phi) is 4.43. The van der Waals surface area contributed by atoms with Gasteiger partial charge < -0.3 is 11.1 Å². The van der Waals surface area contributed by atoms with Gasteiger partial charge in [-0.2, -0.15) is 5.10 Å². The van der Waals surface area contributed by atoms with E-state index < -0.39 is 0 Å². The van der Waals surface area contributed by atoms with Crippen LogP contribution in [-0.4, -0.2) is 21.7 Å². The summed E-state index contributed by atoms with van der Waals surface area (Å²) in [5.41, 5.74) is 9.35. The molecule has 0 saturated carbocycles. The Labute approximate surface area is 125 Å². The average Bonchev–Trinajstić information content (AvgIpc) is 2.77. The molecular formula is C16H22N4O. The molecule has 1 aromatic carbocycles. The van der Waals surface area contributed by atoms with Gasteiger partial charge in [-0.25, -0.2) is 4.68 Å². The highest BCUT2D eigenvalue weighted by Gasteiger charge is 2.18. The highest BCUT2D eigenvalue weighted by atomic mass is 16.1.